The van der Waals surface area contributed by atoms with Crippen molar-refractivity contribution in [3.05, 3.63) is 126 Å². The number of methoxy groups -OCH3 is 2. The molecule has 5 rings (SSSR count). The van der Waals surface area contributed by atoms with Gasteiger partial charge in [-0.15, -0.1) is 0 Å². The summed E-state index contributed by atoms with van der Waals surface area (Å²) in [7, 11) is 3.35. The molecular formula is C40H38O7. The Morgan fingerprint density at radius 3 is 1.53 bits per heavy atom. The molecular weight excluding hydrogens is 592 g/mol. The van der Waals surface area contributed by atoms with Gasteiger partial charge in [0.2, 0.25) is 0 Å². The lowest BCUT2D eigenvalue weighted by molar-refractivity contribution is -0.142. The average molecular weight is 631 g/mol. The molecule has 0 heterocycles. The summed E-state index contributed by atoms with van der Waals surface area (Å²) < 4.78 is 27.4. The zero-order chi connectivity index (χ0) is 33.2. The summed E-state index contributed by atoms with van der Waals surface area (Å²) >= 11 is 0. The van der Waals surface area contributed by atoms with Gasteiger partial charge in [-0.1, -0.05) is 78.4 Å². The molecule has 5 aromatic carbocycles. The predicted octanol–water partition coefficient (Wildman–Crippen LogP) is 8.20. The van der Waals surface area contributed by atoms with Crippen LogP contribution in [0.3, 0.4) is 0 Å². The first-order chi connectivity index (χ1) is 22.9. The molecule has 0 aliphatic heterocycles. The fourth-order valence-electron chi connectivity index (χ4n) is 5.19. The largest absolute Gasteiger partial charge is 0.496 e. The van der Waals surface area contributed by atoms with Crippen LogP contribution < -0.4 is 14.2 Å². The molecule has 7 nitrogen and oxygen atoms in total. The van der Waals surface area contributed by atoms with Gasteiger partial charge >= 0.3 is 5.97 Å². The summed E-state index contributed by atoms with van der Waals surface area (Å²) in [4.78, 5) is 23.9. The number of hydrogen-bond acceptors (Lipinski definition) is 7. The van der Waals surface area contributed by atoms with Crippen LogP contribution in [0.1, 0.15) is 28.4 Å². The SMILES string of the molecule is COc1cc(-c2ccc(-c3ccc(C(=O)c4ccc(OCCOCCOC(C)=O)cc4)cc3)c(OC)c2)ccc1-c1ccc(C)cc1. The van der Waals surface area contributed by atoms with E-state index in [1.165, 1.54) is 12.5 Å². The summed E-state index contributed by atoms with van der Waals surface area (Å²) in [5.74, 6) is 1.75. The average Bonchev–Trinajstić information content (AvgIpc) is 3.11. The Morgan fingerprint density at radius 1 is 0.553 bits per heavy atom. The van der Waals surface area contributed by atoms with Crippen LogP contribution in [0.25, 0.3) is 33.4 Å². The molecule has 0 fully saturated rings. The maximum Gasteiger partial charge on any atom is 0.302 e. The lowest BCUT2D eigenvalue weighted by Gasteiger charge is -2.14. The van der Waals surface area contributed by atoms with Gasteiger partial charge in [0.15, 0.2) is 5.78 Å². The highest BCUT2D eigenvalue weighted by molar-refractivity contribution is 6.09. The first-order valence-electron chi connectivity index (χ1n) is 15.4. The number of benzene rings is 5. The highest BCUT2D eigenvalue weighted by atomic mass is 16.6. The van der Waals surface area contributed by atoms with Gasteiger partial charge in [0, 0.05) is 29.2 Å². The quantitative estimate of drug-likeness (QED) is 0.0695. The second-order valence-corrected chi connectivity index (χ2v) is 10.9. The molecule has 0 atom stereocenters. The van der Waals surface area contributed by atoms with Gasteiger partial charge in [0.1, 0.15) is 30.5 Å². The maximum absolute atomic E-state index is 13.2. The number of aryl methyl sites for hydroxylation is 1. The number of hydrogen-bond donors (Lipinski definition) is 0. The summed E-state index contributed by atoms with van der Waals surface area (Å²) in [6, 6.07) is 35.3. The third-order valence-corrected chi connectivity index (χ3v) is 7.70. The van der Waals surface area contributed by atoms with Crippen LogP contribution in [0.4, 0.5) is 0 Å². The first-order valence-corrected chi connectivity index (χ1v) is 15.4. The monoisotopic (exact) mass is 630 g/mol. The van der Waals surface area contributed by atoms with E-state index in [2.05, 4.69) is 49.4 Å². The Balaban J connectivity index is 1.23. The van der Waals surface area contributed by atoms with Gasteiger partial charge in [-0.05, 0) is 65.6 Å². The van der Waals surface area contributed by atoms with Crippen LogP contribution in [0.15, 0.2) is 109 Å². The van der Waals surface area contributed by atoms with Gasteiger partial charge < -0.3 is 23.7 Å². The minimum Gasteiger partial charge on any atom is -0.496 e. The van der Waals surface area contributed by atoms with E-state index in [0.29, 0.717) is 36.7 Å². The molecule has 0 saturated heterocycles. The van der Waals surface area contributed by atoms with E-state index in [9.17, 15) is 9.59 Å². The Labute approximate surface area is 275 Å². The van der Waals surface area contributed by atoms with Crippen molar-refractivity contribution in [2.45, 2.75) is 13.8 Å². The van der Waals surface area contributed by atoms with Gasteiger partial charge in [-0.25, -0.2) is 0 Å². The molecule has 0 radical (unpaired) electrons. The maximum atomic E-state index is 13.2. The molecule has 0 spiro atoms. The smallest absolute Gasteiger partial charge is 0.302 e. The fourth-order valence-corrected chi connectivity index (χ4v) is 5.19. The standard InChI is InChI=1S/C40H38O7/c1-27-5-7-29(8-6-27)36-19-15-33(25-38(36)43-3)34-16-20-37(39(26-34)44-4)30-9-11-31(12-10-30)40(42)32-13-17-35(18-14-32)47-24-22-45-21-23-46-28(2)41/h5-20,25-26H,21-24H2,1-4H3. The lowest BCUT2D eigenvalue weighted by Crippen LogP contribution is -2.12. The number of carbonyl (C=O) groups excluding carboxylic acids is 2. The number of rotatable bonds is 14. The van der Waals surface area contributed by atoms with Gasteiger partial charge in [-0.2, -0.15) is 0 Å². The summed E-state index contributed by atoms with van der Waals surface area (Å²) in [5.41, 5.74) is 8.39. The Bertz CT molecular complexity index is 1810. The number of ketones is 1. The summed E-state index contributed by atoms with van der Waals surface area (Å²) in [6.07, 6.45) is 0. The van der Waals surface area contributed by atoms with E-state index in [0.717, 1.165) is 44.9 Å². The van der Waals surface area contributed by atoms with E-state index < -0.39 is 0 Å². The van der Waals surface area contributed by atoms with Crippen LogP contribution in [0.5, 0.6) is 17.2 Å². The third-order valence-electron chi connectivity index (χ3n) is 7.70. The summed E-state index contributed by atoms with van der Waals surface area (Å²) in [6.45, 7) is 4.66. The molecule has 0 aromatic heterocycles. The second-order valence-electron chi connectivity index (χ2n) is 10.9. The number of esters is 1. The molecule has 5 aromatic rings. The molecule has 0 aliphatic carbocycles. The molecule has 0 amide bonds. The molecule has 0 N–H and O–H groups in total. The van der Waals surface area contributed by atoms with Crippen molar-refractivity contribution in [1.29, 1.82) is 0 Å². The van der Waals surface area contributed by atoms with Crippen molar-refractivity contribution in [1.82, 2.24) is 0 Å². The van der Waals surface area contributed by atoms with Crippen LogP contribution in [0.2, 0.25) is 0 Å². The van der Waals surface area contributed by atoms with Gasteiger partial charge in [0.25, 0.3) is 0 Å². The summed E-state index contributed by atoms with van der Waals surface area (Å²) in [5, 5.41) is 0. The van der Waals surface area contributed by atoms with Crippen LogP contribution in [-0.4, -0.2) is 52.4 Å². The molecule has 240 valence electrons. The molecule has 0 saturated carbocycles. The minimum atomic E-state index is -0.334. The second kappa shape index (κ2) is 15.7. The van der Waals surface area contributed by atoms with Crippen molar-refractivity contribution < 1.29 is 33.3 Å². The van der Waals surface area contributed by atoms with Crippen LogP contribution in [-0.2, 0) is 14.3 Å². The van der Waals surface area contributed by atoms with E-state index in [1.54, 1.807) is 38.5 Å². The predicted molar refractivity (Wildman–Crippen MR) is 183 cm³/mol. The van der Waals surface area contributed by atoms with Crippen molar-refractivity contribution in [2.24, 2.45) is 0 Å². The molecule has 0 bridgehead atoms. The Kier molecular flexibility index (Phi) is 11.0. The fraction of sp³-hybridized carbons (Fsp3) is 0.200. The molecule has 47 heavy (non-hydrogen) atoms. The van der Waals surface area contributed by atoms with E-state index in [4.69, 9.17) is 23.7 Å². The molecule has 0 aliphatic rings. The van der Waals surface area contributed by atoms with Crippen molar-refractivity contribution in [3.63, 3.8) is 0 Å². The zero-order valence-electron chi connectivity index (χ0n) is 27.1. The van der Waals surface area contributed by atoms with E-state index in [-0.39, 0.29) is 18.4 Å². The number of carbonyl (C=O) groups is 2. The van der Waals surface area contributed by atoms with E-state index in [1.807, 2.05) is 42.5 Å². The first kappa shape index (κ1) is 33.0. The zero-order valence-corrected chi connectivity index (χ0v) is 27.1. The molecule has 7 heteroatoms. The van der Waals surface area contributed by atoms with E-state index >= 15 is 0 Å². The lowest BCUT2D eigenvalue weighted by atomic mass is 9.95. The normalized spacial score (nSPS) is 10.7. The van der Waals surface area contributed by atoms with Crippen LogP contribution >= 0.6 is 0 Å². The molecule has 0 unspecified atom stereocenters. The third kappa shape index (κ3) is 8.45. The van der Waals surface area contributed by atoms with Gasteiger partial charge in [0.05, 0.1) is 27.4 Å². The van der Waals surface area contributed by atoms with Gasteiger partial charge in [-0.3, -0.25) is 9.59 Å². The topological polar surface area (TPSA) is 80.3 Å². The van der Waals surface area contributed by atoms with Crippen molar-refractivity contribution in [3.8, 4) is 50.6 Å². The van der Waals surface area contributed by atoms with Crippen molar-refractivity contribution >= 4 is 11.8 Å². The highest BCUT2D eigenvalue weighted by Gasteiger charge is 2.14. The minimum absolute atomic E-state index is 0.0813. The Morgan fingerprint density at radius 2 is 1.02 bits per heavy atom. The number of ether oxygens (including phenoxy) is 5. The van der Waals surface area contributed by atoms with Crippen LogP contribution in [0, 0.1) is 6.92 Å². The highest BCUT2D eigenvalue weighted by Crippen LogP contribution is 2.38. The van der Waals surface area contributed by atoms with Crippen molar-refractivity contribution in [2.75, 3.05) is 40.6 Å². The Hall–Kier alpha value is -5.40.